The van der Waals surface area contributed by atoms with Crippen molar-refractivity contribution in [3.63, 3.8) is 0 Å². The first-order chi connectivity index (χ1) is 12.5. The van der Waals surface area contributed by atoms with Crippen LogP contribution in [0.4, 0.5) is 17.3 Å². The predicted molar refractivity (Wildman–Crippen MR) is 92.1 cm³/mol. The molecule has 0 spiro atoms. The van der Waals surface area contributed by atoms with Crippen LogP contribution in [0.5, 0.6) is 0 Å². The fourth-order valence-corrected chi connectivity index (χ4v) is 2.60. The number of benzene rings is 1. The quantitative estimate of drug-likeness (QED) is 0.503. The molecule has 0 fully saturated rings. The molecule has 10 heteroatoms. The molecule has 0 radical (unpaired) electrons. The van der Waals surface area contributed by atoms with Gasteiger partial charge in [-0.25, -0.2) is 19.4 Å². The maximum atomic E-state index is 11.1. The number of anilines is 3. The van der Waals surface area contributed by atoms with Crippen molar-refractivity contribution >= 4 is 28.9 Å². The fraction of sp³-hybridized carbons (Fsp3) is 0.0625. The summed E-state index contributed by atoms with van der Waals surface area (Å²) in [5, 5.41) is 19.5. The van der Waals surface area contributed by atoms with E-state index in [9.17, 15) is 4.79 Å². The first-order valence-electron chi connectivity index (χ1n) is 7.56. The monoisotopic (exact) mass is 351 g/mol. The third kappa shape index (κ3) is 2.59. The van der Waals surface area contributed by atoms with Gasteiger partial charge in [-0.1, -0.05) is 6.07 Å². The number of nitrogen functional groups attached to an aromatic ring is 1. The lowest BCUT2D eigenvalue weighted by Crippen LogP contribution is -2.00. The Morgan fingerprint density at radius 1 is 1.31 bits per heavy atom. The molecule has 0 saturated carbocycles. The van der Waals surface area contributed by atoms with E-state index < -0.39 is 5.97 Å². The molecule has 3 heterocycles. The van der Waals surface area contributed by atoms with Crippen LogP contribution >= 0.6 is 0 Å². The lowest BCUT2D eigenvalue weighted by Gasteiger charge is -2.07. The first-order valence-corrected chi connectivity index (χ1v) is 7.56. The number of carboxylic acids is 1. The average Bonchev–Trinajstić information content (AvgIpc) is 3.18. The lowest BCUT2D eigenvalue weighted by atomic mass is 10.2. The predicted octanol–water partition coefficient (Wildman–Crippen LogP) is 2.11. The molecule has 4 aromatic rings. The van der Waals surface area contributed by atoms with Crippen molar-refractivity contribution in [2.24, 2.45) is 0 Å². The number of hydrogen-bond acceptors (Lipinski definition) is 8. The number of rotatable bonds is 4. The average molecular weight is 351 g/mol. The van der Waals surface area contributed by atoms with Crippen molar-refractivity contribution in [2.45, 2.75) is 6.92 Å². The van der Waals surface area contributed by atoms with Gasteiger partial charge < -0.3 is 16.2 Å². The molecule has 4 rings (SSSR count). The van der Waals surface area contributed by atoms with Gasteiger partial charge in [-0.3, -0.25) is 4.40 Å². The molecule has 0 unspecified atom stereocenters. The number of aromatic nitrogens is 5. The van der Waals surface area contributed by atoms with Gasteiger partial charge in [0.15, 0.2) is 17.2 Å². The molecular formula is C16H13N7O3. The van der Waals surface area contributed by atoms with E-state index in [1.807, 2.05) is 11.3 Å². The number of nitrogens with two attached hydrogens (primary N) is 1. The second kappa shape index (κ2) is 5.84. The van der Waals surface area contributed by atoms with Crippen molar-refractivity contribution in [3.8, 4) is 11.4 Å². The molecule has 0 aliphatic carbocycles. The van der Waals surface area contributed by atoms with Gasteiger partial charge >= 0.3 is 5.97 Å². The smallest absolute Gasteiger partial charge is 0.335 e. The van der Waals surface area contributed by atoms with E-state index in [2.05, 4.69) is 30.2 Å². The summed E-state index contributed by atoms with van der Waals surface area (Å²) in [6.07, 6.45) is 3.34. The van der Waals surface area contributed by atoms with Gasteiger partial charge in [0.1, 0.15) is 11.5 Å². The minimum absolute atomic E-state index is 0.160. The summed E-state index contributed by atoms with van der Waals surface area (Å²) in [6.45, 7) is 1.86. The minimum Gasteiger partial charge on any atom is -0.478 e. The molecule has 0 atom stereocenters. The number of carboxylic acid groups (broad SMARTS) is 1. The molecule has 0 aliphatic rings. The SMILES string of the molecule is Cc1c(-c2nonc2N)nc2cnc(Nc3cccc(C(=O)O)c3)cn12. The van der Waals surface area contributed by atoms with Crippen LogP contribution in [0.3, 0.4) is 0 Å². The van der Waals surface area contributed by atoms with Crippen molar-refractivity contribution < 1.29 is 14.5 Å². The van der Waals surface area contributed by atoms with Gasteiger partial charge in [-0.2, -0.15) is 0 Å². The van der Waals surface area contributed by atoms with Crippen molar-refractivity contribution in [2.75, 3.05) is 11.1 Å². The van der Waals surface area contributed by atoms with E-state index in [0.29, 0.717) is 28.5 Å². The molecular weight excluding hydrogens is 338 g/mol. The maximum absolute atomic E-state index is 11.1. The van der Waals surface area contributed by atoms with Gasteiger partial charge in [-0.05, 0) is 35.4 Å². The molecule has 130 valence electrons. The van der Waals surface area contributed by atoms with Crippen LogP contribution in [-0.2, 0) is 0 Å². The molecule has 0 saturated heterocycles. The number of aryl methyl sites for hydroxylation is 1. The molecule has 10 nitrogen and oxygen atoms in total. The van der Waals surface area contributed by atoms with Crippen LogP contribution in [0.15, 0.2) is 41.3 Å². The Labute approximate surface area is 146 Å². The van der Waals surface area contributed by atoms with Crippen LogP contribution < -0.4 is 11.1 Å². The van der Waals surface area contributed by atoms with E-state index in [1.54, 1.807) is 24.5 Å². The molecule has 1 aromatic carbocycles. The summed E-state index contributed by atoms with van der Waals surface area (Å²) in [5.74, 6) is -0.308. The van der Waals surface area contributed by atoms with Crippen molar-refractivity contribution in [1.29, 1.82) is 0 Å². The lowest BCUT2D eigenvalue weighted by molar-refractivity contribution is 0.0697. The summed E-state index contributed by atoms with van der Waals surface area (Å²) in [4.78, 5) is 19.8. The third-order valence-corrected chi connectivity index (χ3v) is 3.87. The van der Waals surface area contributed by atoms with Gasteiger partial charge in [0, 0.05) is 11.4 Å². The van der Waals surface area contributed by atoms with Crippen LogP contribution in [0, 0.1) is 6.92 Å². The third-order valence-electron chi connectivity index (χ3n) is 3.87. The topological polar surface area (TPSA) is 144 Å². The summed E-state index contributed by atoms with van der Waals surface area (Å²) in [7, 11) is 0. The van der Waals surface area contributed by atoms with E-state index in [4.69, 9.17) is 10.8 Å². The van der Waals surface area contributed by atoms with Gasteiger partial charge in [0.25, 0.3) is 0 Å². The Bertz CT molecular complexity index is 1130. The van der Waals surface area contributed by atoms with Crippen LogP contribution in [0.1, 0.15) is 16.1 Å². The molecule has 0 bridgehead atoms. The zero-order chi connectivity index (χ0) is 18.3. The highest BCUT2D eigenvalue weighted by Crippen LogP contribution is 2.26. The summed E-state index contributed by atoms with van der Waals surface area (Å²) < 4.78 is 6.45. The zero-order valence-electron chi connectivity index (χ0n) is 13.5. The number of imidazole rings is 1. The second-order valence-electron chi connectivity index (χ2n) is 5.56. The number of fused-ring (bicyclic) bond motifs is 1. The molecule has 0 aliphatic heterocycles. The largest absolute Gasteiger partial charge is 0.478 e. The number of nitrogens with one attached hydrogen (secondary N) is 1. The Morgan fingerprint density at radius 2 is 2.15 bits per heavy atom. The summed E-state index contributed by atoms with van der Waals surface area (Å²) in [5.41, 5.74) is 8.85. The van der Waals surface area contributed by atoms with E-state index in [1.165, 1.54) is 12.1 Å². The molecule has 3 aromatic heterocycles. The van der Waals surface area contributed by atoms with Crippen LogP contribution in [-0.4, -0.2) is 35.8 Å². The summed E-state index contributed by atoms with van der Waals surface area (Å²) in [6, 6.07) is 6.46. The van der Waals surface area contributed by atoms with Crippen LogP contribution in [0.2, 0.25) is 0 Å². The van der Waals surface area contributed by atoms with Crippen LogP contribution in [0.25, 0.3) is 17.0 Å². The maximum Gasteiger partial charge on any atom is 0.335 e. The minimum atomic E-state index is -0.994. The Kier molecular flexibility index (Phi) is 3.50. The number of hydrogen-bond donors (Lipinski definition) is 3. The zero-order valence-corrected chi connectivity index (χ0v) is 13.5. The van der Waals surface area contributed by atoms with Crippen molar-refractivity contribution in [3.05, 3.63) is 47.9 Å². The van der Waals surface area contributed by atoms with Gasteiger partial charge in [0.2, 0.25) is 0 Å². The standard InChI is InChI=1S/C16H13N7O3/c1-8-13(14-15(17)22-26-21-14)20-12-6-18-11(7-23(8)12)19-10-4-2-3-9(5-10)16(24)25/h2-7,19H,1H3,(H2,17,22)(H,24,25). The molecule has 0 amide bonds. The van der Waals surface area contributed by atoms with E-state index >= 15 is 0 Å². The van der Waals surface area contributed by atoms with E-state index in [-0.39, 0.29) is 11.4 Å². The summed E-state index contributed by atoms with van der Waals surface area (Å²) >= 11 is 0. The van der Waals surface area contributed by atoms with E-state index in [0.717, 1.165) is 5.69 Å². The highest BCUT2D eigenvalue weighted by Gasteiger charge is 2.18. The van der Waals surface area contributed by atoms with Crippen molar-refractivity contribution in [1.82, 2.24) is 24.7 Å². The Hall–Kier alpha value is -3.95. The highest BCUT2D eigenvalue weighted by atomic mass is 16.6. The normalized spacial score (nSPS) is 11.0. The fourth-order valence-electron chi connectivity index (χ4n) is 2.60. The first kappa shape index (κ1) is 15.6. The number of carbonyl (C=O) groups is 1. The van der Waals surface area contributed by atoms with Gasteiger partial charge in [0.05, 0.1) is 18.0 Å². The number of aromatic carboxylic acids is 1. The number of nitrogens with zero attached hydrogens (tertiary/aromatic N) is 5. The van der Waals surface area contributed by atoms with Gasteiger partial charge in [-0.15, -0.1) is 0 Å². The Balaban J connectivity index is 1.72. The second-order valence-corrected chi connectivity index (χ2v) is 5.56. The molecule has 26 heavy (non-hydrogen) atoms. The Morgan fingerprint density at radius 3 is 2.88 bits per heavy atom. The molecule has 4 N–H and O–H groups in total. The highest BCUT2D eigenvalue weighted by molar-refractivity contribution is 5.89.